The maximum Gasteiger partial charge on any atom is 0.372 e. The van der Waals surface area contributed by atoms with Crippen LogP contribution in [0.5, 0.6) is 0 Å². The van der Waals surface area contributed by atoms with Crippen LogP contribution in [0.2, 0.25) is 6.04 Å². The standard InChI is InChI=1S/C21H30O3Si/c1-5-23-25(24-6-2,15-9-14-22-17-18(3)4)21-13-12-19-10-7-8-11-20(19)16-21/h7-8,10-13,16H,3,5-6,9,14-15,17H2,1-2,4H3. The van der Waals surface area contributed by atoms with Crippen molar-refractivity contribution in [3.05, 3.63) is 54.6 Å². The lowest BCUT2D eigenvalue weighted by Crippen LogP contribution is -2.54. The van der Waals surface area contributed by atoms with Crippen molar-refractivity contribution in [2.75, 3.05) is 26.4 Å². The van der Waals surface area contributed by atoms with Crippen molar-refractivity contribution < 1.29 is 13.6 Å². The summed E-state index contributed by atoms with van der Waals surface area (Å²) in [4.78, 5) is 0. The zero-order chi connectivity index (χ0) is 18.1. The largest absolute Gasteiger partial charge is 0.391 e. The highest BCUT2D eigenvalue weighted by Gasteiger charge is 2.39. The van der Waals surface area contributed by atoms with Crippen LogP contribution < -0.4 is 5.19 Å². The smallest absolute Gasteiger partial charge is 0.372 e. The van der Waals surface area contributed by atoms with E-state index in [1.54, 1.807) is 0 Å². The zero-order valence-electron chi connectivity index (χ0n) is 15.7. The molecule has 4 heteroatoms. The molecule has 3 nitrogen and oxygen atoms in total. The Bertz CT molecular complexity index is 678. The molecule has 0 aliphatic carbocycles. The van der Waals surface area contributed by atoms with Crippen LogP contribution in [0.4, 0.5) is 0 Å². The molecule has 0 atom stereocenters. The monoisotopic (exact) mass is 358 g/mol. The quantitative estimate of drug-likeness (QED) is 0.335. The van der Waals surface area contributed by atoms with E-state index >= 15 is 0 Å². The van der Waals surface area contributed by atoms with Crippen LogP contribution in [0.3, 0.4) is 0 Å². The Kier molecular flexibility index (Phi) is 7.84. The maximum absolute atomic E-state index is 6.28. The van der Waals surface area contributed by atoms with Gasteiger partial charge in [0.2, 0.25) is 0 Å². The van der Waals surface area contributed by atoms with Crippen molar-refractivity contribution in [2.45, 2.75) is 33.2 Å². The van der Waals surface area contributed by atoms with E-state index in [1.807, 2.05) is 20.8 Å². The van der Waals surface area contributed by atoms with Crippen LogP contribution >= 0.6 is 0 Å². The highest BCUT2D eigenvalue weighted by Crippen LogP contribution is 2.20. The van der Waals surface area contributed by atoms with Crippen molar-refractivity contribution >= 4 is 24.5 Å². The average molecular weight is 359 g/mol. The Labute approximate surface area is 152 Å². The molecule has 0 spiro atoms. The number of hydrogen-bond acceptors (Lipinski definition) is 3. The van der Waals surface area contributed by atoms with Crippen LogP contribution in [0.1, 0.15) is 27.2 Å². The van der Waals surface area contributed by atoms with E-state index in [2.05, 4.69) is 49.0 Å². The summed E-state index contributed by atoms with van der Waals surface area (Å²) in [6, 6.07) is 15.9. The first-order valence-electron chi connectivity index (χ1n) is 9.10. The SMILES string of the molecule is C=C(C)COCCC[Si](OCC)(OCC)c1ccc2ccccc2c1. The third-order valence-corrected chi connectivity index (χ3v) is 7.80. The third-order valence-electron chi connectivity index (χ3n) is 4.09. The van der Waals surface area contributed by atoms with Gasteiger partial charge in [-0.2, -0.15) is 0 Å². The number of benzene rings is 2. The van der Waals surface area contributed by atoms with E-state index in [1.165, 1.54) is 16.0 Å². The van der Waals surface area contributed by atoms with E-state index < -0.39 is 8.56 Å². The molecule has 0 unspecified atom stereocenters. The number of ether oxygens (including phenoxy) is 1. The average Bonchev–Trinajstić information content (AvgIpc) is 2.61. The predicted molar refractivity (Wildman–Crippen MR) is 108 cm³/mol. The first-order valence-corrected chi connectivity index (χ1v) is 11.1. The number of rotatable bonds is 11. The molecule has 0 aliphatic rings. The molecular formula is C21H30O3Si. The molecule has 0 saturated carbocycles. The maximum atomic E-state index is 6.28. The Hall–Kier alpha value is -1.46. The normalized spacial score (nSPS) is 11.8. The Morgan fingerprint density at radius 2 is 1.68 bits per heavy atom. The van der Waals surface area contributed by atoms with Gasteiger partial charge in [-0.25, -0.2) is 0 Å². The van der Waals surface area contributed by atoms with Crippen LogP contribution in [0.15, 0.2) is 54.6 Å². The fourth-order valence-electron chi connectivity index (χ4n) is 3.04. The number of fused-ring (bicyclic) bond motifs is 1. The van der Waals surface area contributed by atoms with Gasteiger partial charge in [-0.3, -0.25) is 0 Å². The van der Waals surface area contributed by atoms with E-state index in [0.717, 1.165) is 18.0 Å². The van der Waals surface area contributed by atoms with Gasteiger partial charge in [0, 0.05) is 19.8 Å². The Balaban J connectivity index is 2.20. The summed E-state index contributed by atoms with van der Waals surface area (Å²) in [6.45, 7) is 12.6. The van der Waals surface area contributed by atoms with Gasteiger partial charge in [-0.1, -0.05) is 54.6 Å². The van der Waals surface area contributed by atoms with Gasteiger partial charge in [0.15, 0.2) is 0 Å². The highest BCUT2D eigenvalue weighted by atomic mass is 28.4. The molecule has 0 aromatic heterocycles. The lowest BCUT2D eigenvalue weighted by atomic mass is 10.1. The predicted octanol–water partition coefficient (Wildman–Crippen LogP) is 4.54. The molecule has 2 aromatic carbocycles. The first-order chi connectivity index (χ1) is 12.1. The molecule has 0 N–H and O–H groups in total. The minimum Gasteiger partial charge on any atom is -0.391 e. The molecule has 0 bridgehead atoms. The summed E-state index contributed by atoms with van der Waals surface area (Å²) in [5, 5.41) is 3.68. The lowest BCUT2D eigenvalue weighted by molar-refractivity contribution is 0.149. The molecule has 0 heterocycles. The minimum absolute atomic E-state index is 0.619. The fourth-order valence-corrected chi connectivity index (χ4v) is 6.29. The van der Waals surface area contributed by atoms with Crippen molar-refractivity contribution in [1.82, 2.24) is 0 Å². The summed E-state index contributed by atoms with van der Waals surface area (Å²) in [6.07, 6.45) is 0.923. The zero-order valence-corrected chi connectivity index (χ0v) is 16.7. The minimum atomic E-state index is -2.47. The van der Waals surface area contributed by atoms with Crippen LogP contribution in [0, 0.1) is 0 Å². The summed E-state index contributed by atoms with van der Waals surface area (Å²) in [5.74, 6) is 0. The second-order valence-electron chi connectivity index (χ2n) is 6.29. The van der Waals surface area contributed by atoms with Crippen molar-refractivity contribution in [2.24, 2.45) is 0 Å². The Morgan fingerprint density at radius 3 is 2.32 bits per heavy atom. The van der Waals surface area contributed by atoms with Gasteiger partial charge in [0.25, 0.3) is 0 Å². The topological polar surface area (TPSA) is 27.7 Å². The molecule has 0 saturated heterocycles. The highest BCUT2D eigenvalue weighted by molar-refractivity contribution is 6.81. The van der Waals surface area contributed by atoms with E-state index in [-0.39, 0.29) is 0 Å². The van der Waals surface area contributed by atoms with Crippen molar-refractivity contribution in [3.8, 4) is 0 Å². The molecular weight excluding hydrogens is 328 g/mol. The van der Waals surface area contributed by atoms with Gasteiger partial charge in [-0.15, -0.1) is 0 Å². The van der Waals surface area contributed by atoms with Crippen molar-refractivity contribution in [1.29, 1.82) is 0 Å². The van der Waals surface area contributed by atoms with Gasteiger partial charge in [-0.05, 0) is 49.2 Å². The molecule has 0 radical (unpaired) electrons. The van der Waals surface area contributed by atoms with Crippen molar-refractivity contribution in [3.63, 3.8) is 0 Å². The third kappa shape index (κ3) is 5.51. The van der Waals surface area contributed by atoms with E-state index in [0.29, 0.717) is 26.4 Å². The van der Waals surface area contributed by atoms with Crippen LogP contribution in [-0.2, 0) is 13.6 Å². The molecule has 2 aromatic rings. The van der Waals surface area contributed by atoms with Gasteiger partial charge >= 0.3 is 8.56 Å². The van der Waals surface area contributed by atoms with Gasteiger partial charge in [0.1, 0.15) is 0 Å². The fraction of sp³-hybridized carbons (Fsp3) is 0.429. The van der Waals surface area contributed by atoms with Crippen LogP contribution in [-0.4, -0.2) is 35.0 Å². The molecule has 0 amide bonds. The molecule has 0 fully saturated rings. The summed E-state index contributed by atoms with van der Waals surface area (Å²) in [7, 11) is -2.47. The lowest BCUT2D eigenvalue weighted by Gasteiger charge is -2.30. The molecule has 136 valence electrons. The molecule has 0 aliphatic heterocycles. The van der Waals surface area contributed by atoms with Gasteiger partial charge in [0.05, 0.1) is 6.61 Å². The summed E-state index contributed by atoms with van der Waals surface area (Å²) < 4.78 is 18.2. The summed E-state index contributed by atoms with van der Waals surface area (Å²) >= 11 is 0. The second kappa shape index (κ2) is 9.87. The van der Waals surface area contributed by atoms with Crippen LogP contribution in [0.25, 0.3) is 10.8 Å². The first kappa shape index (κ1) is 19.9. The van der Waals surface area contributed by atoms with Gasteiger partial charge < -0.3 is 13.6 Å². The summed E-state index contributed by atoms with van der Waals surface area (Å²) in [5.41, 5.74) is 1.05. The Morgan fingerprint density at radius 1 is 1.00 bits per heavy atom. The van der Waals surface area contributed by atoms with E-state index in [4.69, 9.17) is 13.6 Å². The number of hydrogen-bond donors (Lipinski definition) is 0. The van der Waals surface area contributed by atoms with E-state index in [9.17, 15) is 0 Å². The molecule has 25 heavy (non-hydrogen) atoms. The second-order valence-corrected chi connectivity index (χ2v) is 9.45. The molecule has 2 rings (SSSR count).